The lowest BCUT2D eigenvalue weighted by Gasteiger charge is -2.09. The molecule has 0 unspecified atom stereocenters. The minimum Gasteiger partial charge on any atom is -0.384 e. The molecule has 7 heteroatoms. The third-order valence-corrected chi connectivity index (χ3v) is 2.94. The van der Waals surface area contributed by atoms with Crippen LogP contribution in [0.25, 0.3) is 0 Å². The number of halogens is 3. The number of nitrogens with one attached hydrogen (secondary N) is 1. The summed E-state index contributed by atoms with van der Waals surface area (Å²) in [7, 11) is 0. The van der Waals surface area contributed by atoms with Gasteiger partial charge >= 0.3 is 0 Å². The van der Waals surface area contributed by atoms with Crippen LogP contribution in [0.2, 0.25) is 10.0 Å². The number of rotatable bonds is 2. The molecule has 0 aliphatic heterocycles. The number of hydrogen-bond donors (Lipinski definition) is 2. The van der Waals surface area contributed by atoms with Crippen LogP contribution in [0.1, 0.15) is 10.4 Å². The molecule has 0 aliphatic carbocycles. The van der Waals surface area contributed by atoms with Crippen molar-refractivity contribution in [3.63, 3.8) is 0 Å². The van der Waals surface area contributed by atoms with Crippen molar-refractivity contribution < 1.29 is 9.18 Å². The van der Waals surface area contributed by atoms with E-state index in [9.17, 15) is 9.18 Å². The summed E-state index contributed by atoms with van der Waals surface area (Å²) in [6.07, 6.45) is 1.24. The lowest BCUT2D eigenvalue weighted by Crippen LogP contribution is -2.14. The van der Waals surface area contributed by atoms with Crippen LogP contribution in [0.3, 0.4) is 0 Å². The number of amides is 1. The number of benzene rings is 1. The number of nitrogen functional groups attached to an aromatic ring is 1. The number of carbonyl (C=O) groups excluding carboxylic acids is 1. The van der Waals surface area contributed by atoms with E-state index in [-0.39, 0.29) is 27.1 Å². The standard InChI is InChI=1S/C12H8Cl2FN3O/c13-7-2-1-3-9(15)11(7)18-12(19)6-4-10(16)17-5-8(6)14/h1-5H,(H2,16,17)(H,18,19). The van der Waals surface area contributed by atoms with E-state index in [0.29, 0.717) is 0 Å². The molecule has 1 aromatic heterocycles. The predicted octanol–water partition coefficient (Wildman–Crippen LogP) is 3.36. The zero-order valence-electron chi connectivity index (χ0n) is 9.45. The second-order valence-electron chi connectivity index (χ2n) is 3.64. The molecular weight excluding hydrogens is 292 g/mol. The van der Waals surface area contributed by atoms with Gasteiger partial charge in [0.2, 0.25) is 0 Å². The van der Waals surface area contributed by atoms with E-state index in [1.54, 1.807) is 0 Å². The number of hydrogen-bond acceptors (Lipinski definition) is 3. The summed E-state index contributed by atoms with van der Waals surface area (Å²) >= 11 is 11.6. The first-order chi connectivity index (χ1) is 8.99. The molecule has 0 radical (unpaired) electrons. The van der Waals surface area contributed by atoms with Crippen LogP contribution in [-0.2, 0) is 0 Å². The largest absolute Gasteiger partial charge is 0.384 e. The summed E-state index contributed by atoms with van der Waals surface area (Å²) in [5.74, 6) is -1.13. The highest BCUT2D eigenvalue weighted by atomic mass is 35.5. The smallest absolute Gasteiger partial charge is 0.257 e. The highest BCUT2D eigenvalue weighted by Gasteiger charge is 2.15. The maximum absolute atomic E-state index is 13.5. The van der Waals surface area contributed by atoms with Crippen molar-refractivity contribution in [3.8, 4) is 0 Å². The third kappa shape index (κ3) is 2.94. The predicted molar refractivity (Wildman–Crippen MR) is 73.0 cm³/mol. The highest BCUT2D eigenvalue weighted by molar-refractivity contribution is 6.36. The summed E-state index contributed by atoms with van der Waals surface area (Å²) in [5.41, 5.74) is 5.45. The topological polar surface area (TPSA) is 68.0 Å². The van der Waals surface area contributed by atoms with Crippen LogP contribution in [-0.4, -0.2) is 10.9 Å². The lowest BCUT2D eigenvalue weighted by atomic mass is 10.2. The zero-order chi connectivity index (χ0) is 14.0. The Labute approximate surface area is 118 Å². The number of nitrogens with two attached hydrogens (primary N) is 1. The number of anilines is 2. The summed E-state index contributed by atoms with van der Waals surface area (Å²) in [4.78, 5) is 15.7. The van der Waals surface area contributed by atoms with Gasteiger partial charge in [-0.05, 0) is 18.2 Å². The molecule has 0 atom stereocenters. The van der Waals surface area contributed by atoms with Gasteiger partial charge in [0.25, 0.3) is 5.91 Å². The molecule has 0 saturated carbocycles. The molecule has 1 heterocycles. The van der Waals surface area contributed by atoms with E-state index < -0.39 is 11.7 Å². The van der Waals surface area contributed by atoms with Crippen molar-refractivity contribution in [2.24, 2.45) is 0 Å². The van der Waals surface area contributed by atoms with Gasteiger partial charge in [-0.1, -0.05) is 29.3 Å². The monoisotopic (exact) mass is 299 g/mol. The number of para-hydroxylation sites is 1. The van der Waals surface area contributed by atoms with Gasteiger partial charge in [0, 0.05) is 6.20 Å². The maximum Gasteiger partial charge on any atom is 0.257 e. The fraction of sp³-hybridized carbons (Fsp3) is 0. The fourth-order valence-electron chi connectivity index (χ4n) is 1.43. The van der Waals surface area contributed by atoms with Crippen LogP contribution < -0.4 is 11.1 Å². The maximum atomic E-state index is 13.5. The van der Waals surface area contributed by atoms with Crippen LogP contribution in [0.4, 0.5) is 15.9 Å². The molecule has 1 aromatic carbocycles. The van der Waals surface area contributed by atoms with Gasteiger partial charge in [0.1, 0.15) is 11.6 Å². The third-order valence-electron chi connectivity index (χ3n) is 2.32. The molecule has 3 N–H and O–H groups in total. The fourth-order valence-corrected chi connectivity index (χ4v) is 1.83. The zero-order valence-corrected chi connectivity index (χ0v) is 11.0. The van der Waals surface area contributed by atoms with E-state index in [2.05, 4.69) is 10.3 Å². The molecule has 19 heavy (non-hydrogen) atoms. The Kier molecular flexibility index (Phi) is 3.87. The molecular formula is C12H8Cl2FN3O. The van der Waals surface area contributed by atoms with Crippen molar-refractivity contribution >= 4 is 40.6 Å². The van der Waals surface area contributed by atoms with Gasteiger partial charge in [-0.2, -0.15) is 0 Å². The van der Waals surface area contributed by atoms with Crippen LogP contribution in [0.5, 0.6) is 0 Å². The molecule has 0 spiro atoms. The molecule has 0 saturated heterocycles. The number of aromatic nitrogens is 1. The minimum atomic E-state index is -0.640. The van der Waals surface area contributed by atoms with Crippen LogP contribution in [0, 0.1) is 5.82 Å². The number of pyridine rings is 1. The summed E-state index contributed by atoms with van der Waals surface area (Å²) in [6, 6.07) is 5.38. The SMILES string of the molecule is Nc1cc(C(=O)Nc2c(F)cccc2Cl)c(Cl)cn1. The van der Waals surface area contributed by atoms with Gasteiger partial charge in [-0.25, -0.2) is 9.37 Å². The molecule has 0 bridgehead atoms. The highest BCUT2D eigenvalue weighted by Crippen LogP contribution is 2.26. The Morgan fingerprint density at radius 3 is 2.74 bits per heavy atom. The van der Waals surface area contributed by atoms with E-state index >= 15 is 0 Å². The van der Waals surface area contributed by atoms with E-state index in [0.717, 1.165) is 0 Å². The van der Waals surface area contributed by atoms with Crippen molar-refractivity contribution in [2.75, 3.05) is 11.1 Å². The minimum absolute atomic E-state index is 0.0894. The van der Waals surface area contributed by atoms with Crippen molar-refractivity contribution in [1.29, 1.82) is 0 Å². The van der Waals surface area contributed by atoms with Crippen LogP contribution >= 0.6 is 23.2 Å². The van der Waals surface area contributed by atoms with E-state index in [1.165, 1.54) is 30.5 Å². The van der Waals surface area contributed by atoms with Crippen molar-refractivity contribution in [1.82, 2.24) is 4.98 Å². The van der Waals surface area contributed by atoms with E-state index in [4.69, 9.17) is 28.9 Å². The molecule has 0 fully saturated rings. The second kappa shape index (κ2) is 5.42. The van der Waals surface area contributed by atoms with Crippen molar-refractivity contribution in [3.05, 3.63) is 51.9 Å². The summed E-state index contributed by atoms with van der Waals surface area (Å²) in [6.45, 7) is 0. The first-order valence-electron chi connectivity index (χ1n) is 5.15. The summed E-state index contributed by atoms with van der Waals surface area (Å²) in [5, 5.41) is 2.55. The Bertz CT molecular complexity index is 629. The molecule has 98 valence electrons. The normalized spacial score (nSPS) is 10.3. The lowest BCUT2D eigenvalue weighted by molar-refractivity contribution is 0.102. The van der Waals surface area contributed by atoms with Crippen LogP contribution in [0.15, 0.2) is 30.5 Å². The molecule has 2 rings (SSSR count). The quantitative estimate of drug-likeness (QED) is 0.893. The number of nitrogens with zero attached hydrogens (tertiary/aromatic N) is 1. The Morgan fingerprint density at radius 1 is 1.32 bits per heavy atom. The van der Waals surface area contributed by atoms with Gasteiger partial charge in [-0.15, -0.1) is 0 Å². The second-order valence-corrected chi connectivity index (χ2v) is 4.45. The van der Waals surface area contributed by atoms with E-state index in [1.807, 2.05) is 0 Å². The Balaban J connectivity index is 2.34. The molecule has 4 nitrogen and oxygen atoms in total. The van der Waals surface area contributed by atoms with Gasteiger partial charge in [0.05, 0.1) is 21.3 Å². The first kappa shape index (κ1) is 13.6. The van der Waals surface area contributed by atoms with Gasteiger partial charge < -0.3 is 11.1 Å². The van der Waals surface area contributed by atoms with Crippen molar-refractivity contribution in [2.45, 2.75) is 0 Å². The molecule has 1 amide bonds. The van der Waals surface area contributed by atoms with Gasteiger partial charge in [-0.3, -0.25) is 4.79 Å². The summed E-state index contributed by atoms with van der Waals surface area (Å²) < 4.78 is 13.5. The molecule has 0 aliphatic rings. The average Bonchev–Trinajstić information content (AvgIpc) is 2.37. The Morgan fingerprint density at radius 2 is 2.05 bits per heavy atom. The number of carbonyl (C=O) groups is 1. The first-order valence-corrected chi connectivity index (χ1v) is 5.91. The molecule has 2 aromatic rings. The average molecular weight is 300 g/mol. The van der Waals surface area contributed by atoms with Gasteiger partial charge in [0.15, 0.2) is 0 Å². The Hall–Kier alpha value is -1.85.